The van der Waals surface area contributed by atoms with Crippen molar-refractivity contribution >= 4 is 17.3 Å². The van der Waals surface area contributed by atoms with Crippen LogP contribution in [0.15, 0.2) is 42.5 Å². The first-order chi connectivity index (χ1) is 8.58. The van der Waals surface area contributed by atoms with Crippen LogP contribution < -0.4 is 11.1 Å². The van der Waals surface area contributed by atoms with E-state index in [1.54, 1.807) is 12.1 Å². The average Bonchev–Trinajstić information content (AvgIpc) is 2.34. The van der Waals surface area contributed by atoms with Gasteiger partial charge in [-0.1, -0.05) is 12.1 Å². The van der Waals surface area contributed by atoms with E-state index in [-0.39, 0.29) is 5.56 Å². The lowest BCUT2D eigenvalue weighted by Gasteiger charge is -2.07. The first-order valence-corrected chi connectivity index (χ1v) is 5.19. The summed E-state index contributed by atoms with van der Waals surface area (Å²) >= 11 is 0. The maximum absolute atomic E-state index is 13.3. The van der Waals surface area contributed by atoms with E-state index in [2.05, 4.69) is 5.32 Å². The summed E-state index contributed by atoms with van der Waals surface area (Å²) in [6.45, 7) is 0. The lowest BCUT2D eigenvalue weighted by atomic mass is 10.2. The number of carbonyl (C=O) groups is 1. The molecule has 2 aromatic rings. The zero-order valence-corrected chi connectivity index (χ0v) is 9.28. The second-order valence-electron chi connectivity index (χ2n) is 3.68. The average molecular weight is 248 g/mol. The molecule has 0 aliphatic heterocycles. The molecular formula is C13H10F2N2O. The van der Waals surface area contributed by atoms with Gasteiger partial charge in [0.25, 0.3) is 5.91 Å². The molecular weight excluding hydrogens is 238 g/mol. The summed E-state index contributed by atoms with van der Waals surface area (Å²) < 4.78 is 26.7. The molecule has 0 fully saturated rings. The Morgan fingerprint density at radius 3 is 2.28 bits per heavy atom. The summed E-state index contributed by atoms with van der Waals surface area (Å²) in [5.74, 6) is -2.27. The molecule has 0 heterocycles. The summed E-state index contributed by atoms with van der Waals surface area (Å²) in [6, 6.07) is 9.48. The van der Waals surface area contributed by atoms with Crippen LogP contribution in [0.1, 0.15) is 10.4 Å². The molecule has 0 atom stereocenters. The molecule has 0 saturated carbocycles. The Hall–Kier alpha value is -2.43. The van der Waals surface area contributed by atoms with Crippen molar-refractivity contribution in [2.24, 2.45) is 0 Å². The molecule has 2 aromatic carbocycles. The minimum atomic E-state index is -0.827. The van der Waals surface area contributed by atoms with Gasteiger partial charge in [-0.2, -0.15) is 0 Å². The van der Waals surface area contributed by atoms with E-state index in [4.69, 9.17) is 5.73 Å². The summed E-state index contributed by atoms with van der Waals surface area (Å²) in [5, 5.41) is 2.18. The van der Waals surface area contributed by atoms with Gasteiger partial charge in [0.1, 0.15) is 17.3 Å². The quantitative estimate of drug-likeness (QED) is 0.803. The number of anilines is 2. The zero-order chi connectivity index (χ0) is 13.1. The zero-order valence-electron chi connectivity index (χ0n) is 9.28. The minimum Gasteiger partial charge on any atom is -0.399 e. The highest BCUT2D eigenvalue weighted by molar-refractivity contribution is 6.04. The van der Waals surface area contributed by atoms with Crippen molar-refractivity contribution in [2.45, 2.75) is 0 Å². The van der Waals surface area contributed by atoms with Crippen molar-refractivity contribution < 1.29 is 13.6 Å². The molecule has 3 N–H and O–H groups in total. The fraction of sp³-hybridized carbons (Fsp3) is 0. The number of nitrogens with one attached hydrogen (secondary N) is 1. The molecule has 0 spiro atoms. The van der Waals surface area contributed by atoms with Crippen LogP contribution in [-0.2, 0) is 0 Å². The maximum atomic E-state index is 13.3. The number of para-hydroxylation sites is 1. The van der Waals surface area contributed by atoms with Gasteiger partial charge in [-0.3, -0.25) is 4.79 Å². The number of hydrogen-bond donors (Lipinski definition) is 2. The van der Waals surface area contributed by atoms with Crippen molar-refractivity contribution in [3.63, 3.8) is 0 Å². The van der Waals surface area contributed by atoms with E-state index in [1.807, 2.05) is 0 Å². The number of nitrogen functional groups attached to an aromatic ring is 1. The number of halogens is 2. The van der Waals surface area contributed by atoms with Crippen molar-refractivity contribution in [3.05, 3.63) is 59.7 Å². The highest BCUT2D eigenvalue weighted by Crippen LogP contribution is 2.19. The molecule has 0 saturated heterocycles. The Bertz CT molecular complexity index is 579. The molecule has 18 heavy (non-hydrogen) atoms. The molecule has 5 heteroatoms. The largest absolute Gasteiger partial charge is 0.399 e. The smallest absolute Gasteiger partial charge is 0.255 e. The molecule has 0 aliphatic carbocycles. The highest BCUT2D eigenvalue weighted by Gasteiger charge is 2.13. The normalized spacial score (nSPS) is 10.1. The third-order valence-electron chi connectivity index (χ3n) is 2.35. The SMILES string of the molecule is Nc1cccc(C(=O)Nc2c(F)cccc2F)c1. The van der Waals surface area contributed by atoms with E-state index in [9.17, 15) is 13.6 Å². The number of rotatable bonds is 2. The Labute approximate surface area is 102 Å². The first-order valence-electron chi connectivity index (χ1n) is 5.19. The molecule has 0 aromatic heterocycles. The van der Waals surface area contributed by atoms with Crippen LogP contribution in [0.2, 0.25) is 0 Å². The lowest BCUT2D eigenvalue weighted by Crippen LogP contribution is -2.14. The standard InChI is InChI=1S/C13H10F2N2O/c14-10-5-2-6-11(15)12(10)17-13(18)8-3-1-4-9(16)7-8/h1-7H,16H2,(H,17,18). The minimum absolute atomic E-state index is 0.234. The Morgan fingerprint density at radius 2 is 1.67 bits per heavy atom. The molecule has 0 bridgehead atoms. The van der Waals surface area contributed by atoms with Crippen LogP contribution in [0.5, 0.6) is 0 Å². The van der Waals surface area contributed by atoms with Gasteiger partial charge in [-0.15, -0.1) is 0 Å². The van der Waals surface area contributed by atoms with Crippen LogP contribution >= 0.6 is 0 Å². The number of nitrogens with two attached hydrogens (primary N) is 1. The predicted molar refractivity (Wildman–Crippen MR) is 65.2 cm³/mol. The maximum Gasteiger partial charge on any atom is 0.255 e. The van der Waals surface area contributed by atoms with Crippen molar-refractivity contribution in [1.29, 1.82) is 0 Å². The van der Waals surface area contributed by atoms with Gasteiger partial charge in [0.15, 0.2) is 0 Å². The van der Waals surface area contributed by atoms with E-state index in [1.165, 1.54) is 18.2 Å². The van der Waals surface area contributed by atoms with Gasteiger partial charge in [-0.05, 0) is 30.3 Å². The fourth-order valence-corrected chi connectivity index (χ4v) is 1.48. The van der Waals surface area contributed by atoms with Gasteiger partial charge in [0, 0.05) is 11.3 Å². The van der Waals surface area contributed by atoms with E-state index in [0.717, 1.165) is 12.1 Å². The van der Waals surface area contributed by atoms with E-state index >= 15 is 0 Å². The molecule has 2 rings (SSSR count). The fourth-order valence-electron chi connectivity index (χ4n) is 1.48. The third kappa shape index (κ3) is 2.45. The van der Waals surface area contributed by atoms with Crippen LogP contribution in [0, 0.1) is 11.6 Å². The molecule has 0 aliphatic rings. The number of carbonyl (C=O) groups excluding carboxylic acids is 1. The topological polar surface area (TPSA) is 55.1 Å². The molecule has 3 nitrogen and oxygen atoms in total. The van der Waals surface area contributed by atoms with Crippen molar-refractivity contribution in [3.8, 4) is 0 Å². The van der Waals surface area contributed by atoms with E-state index < -0.39 is 23.2 Å². The van der Waals surface area contributed by atoms with Crippen LogP contribution in [-0.4, -0.2) is 5.91 Å². The van der Waals surface area contributed by atoms with Crippen LogP contribution in [0.4, 0.5) is 20.2 Å². The molecule has 0 radical (unpaired) electrons. The van der Waals surface area contributed by atoms with Crippen LogP contribution in [0.3, 0.4) is 0 Å². The van der Waals surface area contributed by atoms with E-state index in [0.29, 0.717) is 5.69 Å². The van der Waals surface area contributed by atoms with Gasteiger partial charge in [0.2, 0.25) is 0 Å². The van der Waals surface area contributed by atoms with Crippen molar-refractivity contribution in [1.82, 2.24) is 0 Å². The van der Waals surface area contributed by atoms with Gasteiger partial charge < -0.3 is 11.1 Å². The Morgan fingerprint density at radius 1 is 1.06 bits per heavy atom. The number of amides is 1. The third-order valence-corrected chi connectivity index (χ3v) is 2.35. The van der Waals surface area contributed by atoms with Crippen molar-refractivity contribution in [2.75, 3.05) is 11.1 Å². The lowest BCUT2D eigenvalue weighted by molar-refractivity contribution is 0.102. The first kappa shape index (κ1) is 12.0. The Kier molecular flexibility index (Phi) is 3.23. The molecule has 0 unspecified atom stereocenters. The monoisotopic (exact) mass is 248 g/mol. The van der Waals surface area contributed by atoms with Crippen LogP contribution in [0.25, 0.3) is 0 Å². The van der Waals surface area contributed by atoms with Gasteiger partial charge >= 0.3 is 0 Å². The van der Waals surface area contributed by atoms with Gasteiger partial charge in [0.05, 0.1) is 0 Å². The van der Waals surface area contributed by atoms with Gasteiger partial charge in [-0.25, -0.2) is 8.78 Å². The predicted octanol–water partition coefficient (Wildman–Crippen LogP) is 2.80. The number of benzene rings is 2. The summed E-state index contributed by atoms with van der Waals surface area (Å²) in [5.41, 5.74) is 5.69. The number of hydrogen-bond acceptors (Lipinski definition) is 2. The second kappa shape index (κ2) is 4.83. The molecule has 1 amide bonds. The summed E-state index contributed by atoms with van der Waals surface area (Å²) in [7, 11) is 0. The highest BCUT2D eigenvalue weighted by atomic mass is 19.1. The molecule has 92 valence electrons. The summed E-state index contributed by atoms with van der Waals surface area (Å²) in [6.07, 6.45) is 0. The summed E-state index contributed by atoms with van der Waals surface area (Å²) in [4.78, 5) is 11.8. The second-order valence-corrected chi connectivity index (χ2v) is 3.68. The Balaban J connectivity index is 2.27.